The van der Waals surface area contributed by atoms with Crippen molar-refractivity contribution in [3.63, 3.8) is 0 Å². The Morgan fingerprint density at radius 2 is 2.11 bits per heavy atom. The SMILES string of the molecule is CCN1C=CN(C)C1.[LiH]. The van der Waals surface area contributed by atoms with Gasteiger partial charge < -0.3 is 9.80 Å². The van der Waals surface area contributed by atoms with E-state index in [1.165, 1.54) is 0 Å². The third-order valence-corrected chi connectivity index (χ3v) is 1.34. The molecule has 0 bridgehead atoms. The molecule has 0 aliphatic carbocycles. The van der Waals surface area contributed by atoms with E-state index in [2.05, 4.69) is 36.2 Å². The molecule has 0 radical (unpaired) electrons. The molecule has 0 fully saturated rings. The van der Waals surface area contributed by atoms with Gasteiger partial charge in [-0.25, -0.2) is 0 Å². The molecule has 1 rings (SSSR count). The monoisotopic (exact) mass is 120 g/mol. The fourth-order valence-corrected chi connectivity index (χ4v) is 0.794. The first kappa shape index (κ1) is 8.94. The van der Waals surface area contributed by atoms with E-state index in [0.717, 1.165) is 13.2 Å². The van der Waals surface area contributed by atoms with Crippen molar-refractivity contribution in [3.05, 3.63) is 12.4 Å². The van der Waals surface area contributed by atoms with Gasteiger partial charge in [-0.15, -0.1) is 0 Å². The molecule has 0 aromatic carbocycles. The van der Waals surface area contributed by atoms with Crippen molar-refractivity contribution >= 4 is 18.9 Å². The summed E-state index contributed by atoms with van der Waals surface area (Å²) in [6, 6.07) is 0. The molecule has 1 aliphatic rings. The third kappa shape index (κ3) is 2.34. The summed E-state index contributed by atoms with van der Waals surface area (Å²) in [5, 5.41) is 0. The predicted molar refractivity (Wildman–Crippen MR) is 41.3 cm³/mol. The molecule has 3 heteroatoms. The summed E-state index contributed by atoms with van der Waals surface area (Å²) in [7, 11) is 2.08. The van der Waals surface area contributed by atoms with Crippen LogP contribution >= 0.6 is 0 Å². The normalized spacial score (nSPS) is 16.2. The number of nitrogens with zero attached hydrogens (tertiary/aromatic N) is 2. The second-order valence-corrected chi connectivity index (χ2v) is 2.10. The van der Waals surface area contributed by atoms with E-state index in [0.29, 0.717) is 0 Å². The third-order valence-electron chi connectivity index (χ3n) is 1.34. The molecule has 0 unspecified atom stereocenters. The molecule has 1 aliphatic heterocycles. The van der Waals surface area contributed by atoms with Crippen LogP contribution in [0.15, 0.2) is 12.4 Å². The van der Waals surface area contributed by atoms with Gasteiger partial charge in [-0.2, -0.15) is 0 Å². The molecule has 9 heavy (non-hydrogen) atoms. The maximum atomic E-state index is 2.25. The summed E-state index contributed by atoms with van der Waals surface area (Å²) < 4.78 is 0. The van der Waals surface area contributed by atoms with Crippen molar-refractivity contribution in [1.29, 1.82) is 0 Å². The summed E-state index contributed by atoms with van der Waals surface area (Å²) in [6.07, 6.45) is 4.20. The van der Waals surface area contributed by atoms with Crippen LogP contribution in [-0.2, 0) is 0 Å². The van der Waals surface area contributed by atoms with Crippen molar-refractivity contribution in [1.82, 2.24) is 9.80 Å². The summed E-state index contributed by atoms with van der Waals surface area (Å²) in [5.41, 5.74) is 0. The van der Waals surface area contributed by atoms with Crippen LogP contribution in [0, 0.1) is 0 Å². The molecule has 0 amide bonds. The molecule has 0 saturated carbocycles. The van der Waals surface area contributed by atoms with Gasteiger partial charge in [0.2, 0.25) is 0 Å². The van der Waals surface area contributed by atoms with E-state index in [1.54, 1.807) is 0 Å². The average Bonchev–Trinajstić information content (AvgIpc) is 2.14. The number of hydrogen-bond donors (Lipinski definition) is 0. The van der Waals surface area contributed by atoms with Gasteiger partial charge in [0.05, 0.1) is 6.67 Å². The van der Waals surface area contributed by atoms with Gasteiger partial charge in [0, 0.05) is 26.0 Å². The summed E-state index contributed by atoms with van der Waals surface area (Å²) in [6.45, 7) is 4.32. The predicted octanol–water partition coefficient (Wildman–Crippen LogP) is 0.0339. The molecule has 0 spiro atoms. The van der Waals surface area contributed by atoms with Gasteiger partial charge in [0.15, 0.2) is 0 Å². The number of hydrogen-bond acceptors (Lipinski definition) is 2. The fraction of sp³-hybridized carbons (Fsp3) is 0.667. The zero-order valence-corrected chi connectivity index (χ0v) is 5.46. The second-order valence-electron chi connectivity index (χ2n) is 2.10. The Labute approximate surface area is 68.7 Å². The van der Waals surface area contributed by atoms with E-state index < -0.39 is 0 Å². The van der Waals surface area contributed by atoms with Crippen molar-refractivity contribution < 1.29 is 0 Å². The van der Waals surface area contributed by atoms with Crippen LogP contribution in [0.25, 0.3) is 0 Å². The summed E-state index contributed by atoms with van der Waals surface area (Å²) in [4.78, 5) is 4.41. The first-order valence-electron chi connectivity index (χ1n) is 2.95. The van der Waals surface area contributed by atoms with Crippen LogP contribution in [0.1, 0.15) is 6.92 Å². The average molecular weight is 120 g/mol. The molecule has 1 heterocycles. The Hall–Kier alpha value is -0.0626. The molecule has 0 aromatic heterocycles. The van der Waals surface area contributed by atoms with E-state index in [4.69, 9.17) is 0 Å². The molecule has 2 nitrogen and oxygen atoms in total. The zero-order chi connectivity index (χ0) is 5.98. The Bertz CT molecular complexity index is 103. The first-order chi connectivity index (χ1) is 3.83. The first-order valence-corrected chi connectivity index (χ1v) is 2.95. The van der Waals surface area contributed by atoms with Crippen LogP contribution in [-0.4, -0.2) is 48.9 Å². The van der Waals surface area contributed by atoms with Crippen LogP contribution < -0.4 is 0 Å². The number of rotatable bonds is 1. The van der Waals surface area contributed by atoms with Crippen LogP contribution in [0.2, 0.25) is 0 Å². The minimum absolute atomic E-state index is 0. The van der Waals surface area contributed by atoms with Gasteiger partial charge in [-0.05, 0) is 6.92 Å². The molecule has 0 atom stereocenters. The Morgan fingerprint density at radius 3 is 2.33 bits per heavy atom. The topological polar surface area (TPSA) is 6.48 Å². The Morgan fingerprint density at radius 1 is 1.44 bits per heavy atom. The van der Waals surface area contributed by atoms with Gasteiger partial charge in [0.1, 0.15) is 0 Å². The molecular weight excluding hydrogens is 107 g/mol. The van der Waals surface area contributed by atoms with E-state index in [1.807, 2.05) is 0 Å². The van der Waals surface area contributed by atoms with E-state index >= 15 is 0 Å². The molecule has 48 valence electrons. The van der Waals surface area contributed by atoms with E-state index in [9.17, 15) is 0 Å². The second kappa shape index (κ2) is 3.87. The van der Waals surface area contributed by atoms with Gasteiger partial charge in [0.25, 0.3) is 0 Å². The standard InChI is InChI=1S/C6H12N2.Li.H/c1-3-8-5-4-7(2)6-8;;/h4-5H,3,6H2,1-2H3;;. The van der Waals surface area contributed by atoms with Crippen molar-refractivity contribution in [3.8, 4) is 0 Å². The van der Waals surface area contributed by atoms with Gasteiger partial charge in [-0.3, -0.25) is 0 Å². The zero-order valence-electron chi connectivity index (χ0n) is 5.46. The van der Waals surface area contributed by atoms with Crippen LogP contribution in [0.3, 0.4) is 0 Å². The Balaban J connectivity index is 0.000000640. The molecule has 0 N–H and O–H groups in total. The van der Waals surface area contributed by atoms with Gasteiger partial charge >= 0.3 is 18.9 Å². The van der Waals surface area contributed by atoms with Crippen molar-refractivity contribution in [2.24, 2.45) is 0 Å². The quantitative estimate of drug-likeness (QED) is 0.450. The minimum atomic E-state index is 0. The van der Waals surface area contributed by atoms with Crippen LogP contribution in [0.4, 0.5) is 0 Å². The Kier molecular flexibility index (Phi) is 3.84. The van der Waals surface area contributed by atoms with Crippen molar-refractivity contribution in [2.45, 2.75) is 6.92 Å². The maximum absolute atomic E-state index is 2.25. The molecule has 0 aromatic rings. The van der Waals surface area contributed by atoms with Crippen molar-refractivity contribution in [2.75, 3.05) is 20.3 Å². The van der Waals surface area contributed by atoms with Crippen LogP contribution in [0.5, 0.6) is 0 Å². The summed E-state index contributed by atoms with van der Waals surface area (Å²) >= 11 is 0. The van der Waals surface area contributed by atoms with Gasteiger partial charge in [-0.1, -0.05) is 0 Å². The fourth-order valence-electron chi connectivity index (χ4n) is 0.794. The summed E-state index contributed by atoms with van der Waals surface area (Å²) in [5.74, 6) is 0. The molecule has 0 saturated heterocycles. The molecular formula is C6H13LiN2. The van der Waals surface area contributed by atoms with E-state index in [-0.39, 0.29) is 18.9 Å².